The average molecular weight is 438 g/mol. The van der Waals surface area contributed by atoms with E-state index in [2.05, 4.69) is 9.97 Å². The summed E-state index contributed by atoms with van der Waals surface area (Å²) < 4.78 is 75.8. The number of nitrogens with zero attached hydrogens (tertiary/aromatic N) is 4. The molecule has 0 atom stereocenters. The van der Waals surface area contributed by atoms with Crippen molar-refractivity contribution in [1.29, 1.82) is 0 Å². The van der Waals surface area contributed by atoms with Crippen LogP contribution in [0.1, 0.15) is 11.8 Å². The van der Waals surface area contributed by atoms with Crippen LogP contribution in [0.3, 0.4) is 0 Å². The Balaban J connectivity index is 1.75. The number of alkyl halides is 6. The summed E-state index contributed by atoms with van der Waals surface area (Å²) in [5.41, 5.74) is -2.81. The summed E-state index contributed by atoms with van der Waals surface area (Å²) in [6, 6.07) is 1.97. The maximum absolute atomic E-state index is 12.6. The van der Waals surface area contributed by atoms with Gasteiger partial charge in [-0.15, -0.1) is 11.3 Å². The van der Waals surface area contributed by atoms with Gasteiger partial charge in [0.15, 0.2) is 0 Å². The first kappa shape index (κ1) is 21.3. The molecule has 12 heteroatoms. The SMILES string of the molecule is CCc1cc2c(N3CCN(C(=O)C=C(C(F)(F)F)C(F)(F)F)CC3)ncnc2s1. The zero-order valence-electron chi connectivity index (χ0n) is 15.1. The number of halogens is 6. The van der Waals surface area contributed by atoms with Gasteiger partial charge in [0.1, 0.15) is 22.5 Å². The molecule has 3 rings (SSSR count). The minimum absolute atomic E-state index is 0.0193. The number of aryl methyl sites for hydroxylation is 1. The van der Waals surface area contributed by atoms with E-state index in [0.29, 0.717) is 5.82 Å². The smallest absolute Gasteiger partial charge is 0.352 e. The van der Waals surface area contributed by atoms with Gasteiger partial charge in [-0.25, -0.2) is 9.97 Å². The Morgan fingerprint density at radius 3 is 2.28 bits per heavy atom. The molecule has 3 heterocycles. The fourth-order valence-electron chi connectivity index (χ4n) is 3.00. The number of rotatable bonds is 3. The molecular weight excluding hydrogens is 422 g/mol. The molecule has 158 valence electrons. The molecule has 1 amide bonds. The minimum atomic E-state index is -5.65. The van der Waals surface area contributed by atoms with Crippen molar-refractivity contribution in [3.8, 4) is 0 Å². The van der Waals surface area contributed by atoms with Gasteiger partial charge in [-0.05, 0) is 12.5 Å². The third-order valence-corrected chi connectivity index (χ3v) is 5.66. The highest BCUT2D eigenvalue weighted by atomic mass is 32.1. The molecule has 0 radical (unpaired) electrons. The van der Waals surface area contributed by atoms with Crippen LogP contribution in [0.4, 0.5) is 32.2 Å². The number of carbonyl (C=O) groups is 1. The quantitative estimate of drug-likeness (QED) is 0.538. The molecule has 0 aliphatic carbocycles. The van der Waals surface area contributed by atoms with Crippen LogP contribution in [0.25, 0.3) is 10.2 Å². The summed E-state index contributed by atoms with van der Waals surface area (Å²) in [6.07, 6.45) is -9.44. The predicted molar refractivity (Wildman–Crippen MR) is 95.8 cm³/mol. The van der Waals surface area contributed by atoms with Crippen LogP contribution >= 0.6 is 11.3 Å². The Morgan fingerprint density at radius 2 is 1.72 bits per heavy atom. The number of amides is 1. The van der Waals surface area contributed by atoms with Gasteiger partial charge in [-0.3, -0.25) is 4.79 Å². The Labute approximate surface area is 165 Å². The number of aromatic nitrogens is 2. The van der Waals surface area contributed by atoms with Crippen LogP contribution in [0, 0.1) is 0 Å². The molecule has 5 nitrogen and oxygen atoms in total. The number of allylic oxidation sites excluding steroid dienone is 1. The van der Waals surface area contributed by atoms with Crippen molar-refractivity contribution in [3.05, 3.63) is 28.9 Å². The summed E-state index contributed by atoms with van der Waals surface area (Å²) in [5, 5.41) is 0.838. The average Bonchev–Trinajstić information content (AvgIpc) is 3.07. The van der Waals surface area contributed by atoms with Gasteiger partial charge in [-0.1, -0.05) is 6.92 Å². The Kier molecular flexibility index (Phi) is 5.74. The van der Waals surface area contributed by atoms with Crippen molar-refractivity contribution >= 4 is 33.3 Å². The molecule has 0 N–H and O–H groups in total. The molecule has 1 fully saturated rings. The third kappa shape index (κ3) is 4.62. The maximum atomic E-state index is 12.6. The number of thiophene rings is 1. The van der Waals surface area contributed by atoms with E-state index in [9.17, 15) is 31.1 Å². The lowest BCUT2D eigenvalue weighted by molar-refractivity contribution is -0.173. The molecule has 2 aromatic rings. The van der Waals surface area contributed by atoms with Gasteiger partial charge in [0, 0.05) is 37.1 Å². The monoisotopic (exact) mass is 438 g/mol. The molecule has 0 spiro atoms. The number of fused-ring (bicyclic) bond motifs is 1. The topological polar surface area (TPSA) is 49.3 Å². The van der Waals surface area contributed by atoms with Gasteiger partial charge >= 0.3 is 12.4 Å². The zero-order chi connectivity index (χ0) is 21.4. The molecule has 1 saturated heterocycles. The highest BCUT2D eigenvalue weighted by Gasteiger charge is 2.51. The molecule has 1 aliphatic rings. The van der Waals surface area contributed by atoms with Gasteiger partial charge in [0.25, 0.3) is 0 Å². The van der Waals surface area contributed by atoms with Crippen LogP contribution in [-0.4, -0.2) is 59.3 Å². The molecular formula is C17H16F6N4OS. The molecule has 0 unspecified atom stereocenters. The van der Waals surface area contributed by atoms with E-state index in [1.165, 1.54) is 17.7 Å². The number of hydrogen-bond acceptors (Lipinski definition) is 5. The predicted octanol–water partition coefficient (Wildman–Crippen LogP) is 3.95. The van der Waals surface area contributed by atoms with E-state index >= 15 is 0 Å². The fourth-order valence-corrected chi connectivity index (χ4v) is 3.93. The Bertz CT molecular complexity index is 912. The minimum Gasteiger partial charge on any atom is -0.352 e. The van der Waals surface area contributed by atoms with Crippen LogP contribution in [0.15, 0.2) is 24.0 Å². The Morgan fingerprint density at radius 1 is 1.10 bits per heavy atom. The van der Waals surface area contributed by atoms with E-state index in [1.807, 2.05) is 17.9 Å². The summed E-state index contributed by atoms with van der Waals surface area (Å²) >= 11 is 1.53. The first-order valence-electron chi connectivity index (χ1n) is 8.64. The summed E-state index contributed by atoms with van der Waals surface area (Å²) in [5.74, 6) is -0.675. The van der Waals surface area contributed by atoms with Gasteiger partial charge in [0.2, 0.25) is 5.91 Å². The second kappa shape index (κ2) is 7.81. The van der Waals surface area contributed by atoms with Crippen LogP contribution in [0.5, 0.6) is 0 Å². The van der Waals surface area contributed by atoms with Crippen LogP contribution in [-0.2, 0) is 11.2 Å². The fraction of sp³-hybridized carbons (Fsp3) is 0.471. The van der Waals surface area contributed by atoms with E-state index in [1.54, 1.807) is 0 Å². The van der Waals surface area contributed by atoms with Crippen molar-refractivity contribution in [3.63, 3.8) is 0 Å². The van der Waals surface area contributed by atoms with Gasteiger partial charge in [0.05, 0.1) is 5.39 Å². The van der Waals surface area contributed by atoms with E-state index in [-0.39, 0.29) is 32.3 Å². The summed E-state index contributed by atoms with van der Waals surface area (Å²) in [7, 11) is 0. The van der Waals surface area contributed by atoms with Crippen molar-refractivity contribution in [2.75, 3.05) is 31.1 Å². The largest absolute Gasteiger partial charge is 0.421 e. The van der Waals surface area contributed by atoms with Gasteiger partial charge in [-0.2, -0.15) is 26.3 Å². The number of hydrogen-bond donors (Lipinski definition) is 0. The van der Waals surface area contributed by atoms with Crippen molar-refractivity contribution in [2.45, 2.75) is 25.7 Å². The van der Waals surface area contributed by atoms with Crippen LogP contribution < -0.4 is 4.90 Å². The highest BCUT2D eigenvalue weighted by molar-refractivity contribution is 7.18. The molecule has 1 aliphatic heterocycles. The lowest BCUT2D eigenvalue weighted by atomic mass is 10.2. The normalized spacial score (nSPS) is 15.7. The zero-order valence-corrected chi connectivity index (χ0v) is 16.0. The van der Waals surface area contributed by atoms with Crippen molar-refractivity contribution in [2.24, 2.45) is 0 Å². The van der Waals surface area contributed by atoms with Crippen molar-refractivity contribution in [1.82, 2.24) is 14.9 Å². The maximum Gasteiger partial charge on any atom is 0.421 e. The van der Waals surface area contributed by atoms with Gasteiger partial charge < -0.3 is 9.80 Å². The standard InChI is InChI=1S/C17H16F6N4OS/c1-2-10-7-11-14(24-9-25-15(11)29-10)27-5-3-26(4-6-27)13(28)8-12(16(18,19)20)17(21,22)23/h7-9H,2-6H2,1H3. The van der Waals surface area contributed by atoms with E-state index in [0.717, 1.165) is 26.4 Å². The highest BCUT2D eigenvalue weighted by Crippen LogP contribution is 2.38. The number of carbonyl (C=O) groups excluding carboxylic acids is 1. The first-order chi connectivity index (χ1) is 13.5. The van der Waals surface area contributed by atoms with E-state index < -0.39 is 23.8 Å². The van der Waals surface area contributed by atoms with Crippen molar-refractivity contribution < 1.29 is 31.1 Å². The summed E-state index contributed by atoms with van der Waals surface area (Å²) in [6.45, 7) is 2.43. The molecule has 0 aromatic carbocycles. The second-order valence-corrected chi connectivity index (χ2v) is 7.46. The first-order valence-corrected chi connectivity index (χ1v) is 9.45. The molecule has 0 bridgehead atoms. The Hall–Kier alpha value is -2.37. The number of anilines is 1. The molecule has 29 heavy (non-hydrogen) atoms. The van der Waals surface area contributed by atoms with E-state index in [4.69, 9.17) is 0 Å². The second-order valence-electron chi connectivity index (χ2n) is 6.35. The summed E-state index contributed by atoms with van der Waals surface area (Å²) in [4.78, 5) is 25.2. The number of piperazine rings is 1. The molecule has 2 aromatic heterocycles. The molecule has 0 saturated carbocycles. The third-order valence-electron chi connectivity index (χ3n) is 4.48. The lowest BCUT2D eigenvalue weighted by Gasteiger charge is -2.35. The van der Waals surface area contributed by atoms with Crippen LogP contribution in [0.2, 0.25) is 0 Å². The lowest BCUT2D eigenvalue weighted by Crippen LogP contribution is -2.49.